The molecule has 4 rings (SSSR count). The van der Waals surface area contributed by atoms with Crippen molar-refractivity contribution in [3.05, 3.63) is 64.7 Å². The number of hydrogen-bond donors (Lipinski definition) is 3. The maximum absolute atomic E-state index is 13.2. The Morgan fingerprint density at radius 2 is 2.04 bits per heavy atom. The molecular formula is C19H17N3O3S. The van der Waals surface area contributed by atoms with Crippen LogP contribution in [-0.4, -0.2) is 26.3 Å². The number of benzene rings is 2. The number of nitrogens with zero attached hydrogens (tertiary/aromatic N) is 2. The van der Waals surface area contributed by atoms with E-state index in [1.165, 1.54) is 11.3 Å². The fraction of sp³-hybridized carbons (Fsp3) is 0.211. The van der Waals surface area contributed by atoms with E-state index in [0.29, 0.717) is 11.6 Å². The summed E-state index contributed by atoms with van der Waals surface area (Å²) in [5.41, 5.74) is 3.49. The Kier molecular flexibility index (Phi) is 3.88. The maximum atomic E-state index is 13.2. The fourth-order valence-corrected chi connectivity index (χ4v) is 4.22. The molecule has 0 fully saturated rings. The molecule has 0 bridgehead atoms. The van der Waals surface area contributed by atoms with Crippen molar-refractivity contribution in [2.75, 3.05) is 5.32 Å². The largest absolute Gasteiger partial charge is 0.508 e. The monoisotopic (exact) mass is 367 g/mol. The number of nitrogens with one attached hydrogen (secondary N) is 1. The standard InChI is InChI=1S/C19H17N3O3S/c1-19(17(25)21-18-22-20-10-26-18)9-12-5-6-14(24)8-15(12)16(19)11-3-2-4-13(23)7-11/h2-8,10,16,23-24H,9H2,1H3,(H,21,22,25)/t16-,19+/m1/s1. The van der Waals surface area contributed by atoms with Crippen molar-refractivity contribution >= 4 is 22.4 Å². The Balaban J connectivity index is 1.81. The number of aromatic hydroxyl groups is 2. The van der Waals surface area contributed by atoms with E-state index >= 15 is 0 Å². The average molecular weight is 367 g/mol. The lowest BCUT2D eigenvalue weighted by molar-refractivity contribution is -0.125. The quantitative estimate of drug-likeness (QED) is 0.660. The predicted molar refractivity (Wildman–Crippen MR) is 98.4 cm³/mol. The smallest absolute Gasteiger partial charge is 0.233 e. The van der Waals surface area contributed by atoms with Gasteiger partial charge in [-0.25, -0.2) is 0 Å². The summed E-state index contributed by atoms with van der Waals surface area (Å²) in [7, 11) is 0. The lowest BCUT2D eigenvalue weighted by Gasteiger charge is -2.30. The molecule has 3 N–H and O–H groups in total. The molecule has 0 aliphatic heterocycles. The number of carbonyl (C=O) groups is 1. The van der Waals surface area contributed by atoms with Gasteiger partial charge in [0.2, 0.25) is 11.0 Å². The Morgan fingerprint density at radius 1 is 1.23 bits per heavy atom. The van der Waals surface area contributed by atoms with Gasteiger partial charge in [0.1, 0.15) is 17.0 Å². The molecule has 7 heteroatoms. The zero-order valence-electron chi connectivity index (χ0n) is 14.0. The van der Waals surface area contributed by atoms with E-state index in [2.05, 4.69) is 15.5 Å². The number of amides is 1. The highest BCUT2D eigenvalue weighted by molar-refractivity contribution is 7.13. The zero-order valence-corrected chi connectivity index (χ0v) is 14.8. The van der Waals surface area contributed by atoms with Gasteiger partial charge in [-0.2, -0.15) is 0 Å². The number of phenolic OH excluding ortho intramolecular Hbond substituents is 2. The van der Waals surface area contributed by atoms with Crippen molar-refractivity contribution in [2.45, 2.75) is 19.3 Å². The number of rotatable bonds is 3. The number of fused-ring (bicyclic) bond motifs is 1. The van der Waals surface area contributed by atoms with Gasteiger partial charge in [0.15, 0.2) is 0 Å². The van der Waals surface area contributed by atoms with Crippen LogP contribution in [0.15, 0.2) is 48.0 Å². The van der Waals surface area contributed by atoms with Crippen LogP contribution in [0.3, 0.4) is 0 Å². The van der Waals surface area contributed by atoms with Gasteiger partial charge < -0.3 is 15.5 Å². The van der Waals surface area contributed by atoms with Crippen LogP contribution in [0.5, 0.6) is 11.5 Å². The molecular weight excluding hydrogens is 350 g/mol. The van der Waals surface area contributed by atoms with E-state index in [1.54, 1.807) is 35.8 Å². The van der Waals surface area contributed by atoms with E-state index in [9.17, 15) is 15.0 Å². The van der Waals surface area contributed by atoms with Gasteiger partial charge >= 0.3 is 0 Å². The Labute approximate surface area is 154 Å². The molecule has 1 amide bonds. The first-order chi connectivity index (χ1) is 12.5. The number of phenols is 2. The van der Waals surface area contributed by atoms with E-state index in [1.807, 2.05) is 19.1 Å². The van der Waals surface area contributed by atoms with Crippen molar-refractivity contribution in [1.29, 1.82) is 0 Å². The van der Waals surface area contributed by atoms with Crippen LogP contribution >= 0.6 is 11.3 Å². The number of hydrogen-bond acceptors (Lipinski definition) is 6. The van der Waals surface area contributed by atoms with Gasteiger partial charge in [-0.1, -0.05) is 29.5 Å². The molecule has 26 heavy (non-hydrogen) atoms. The highest BCUT2D eigenvalue weighted by Crippen LogP contribution is 2.52. The molecule has 0 unspecified atom stereocenters. The van der Waals surface area contributed by atoms with Gasteiger partial charge in [-0.3, -0.25) is 4.79 Å². The zero-order chi connectivity index (χ0) is 18.3. The van der Waals surface area contributed by atoms with Gasteiger partial charge in [0, 0.05) is 5.92 Å². The first-order valence-electron chi connectivity index (χ1n) is 8.16. The molecule has 3 aromatic rings. The number of carbonyl (C=O) groups excluding carboxylic acids is 1. The summed E-state index contributed by atoms with van der Waals surface area (Å²) in [5, 5.41) is 30.8. The second-order valence-electron chi connectivity index (χ2n) is 6.70. The van der Waals surface area contributed by atoms with Crippen LogP contribution in [0.4, 0.5) is 5.13 Å². The lowest BCUT2D eigenvalue weighted by Crippen LogP contribution is -2.37. The third kappa shape index (κ3) is 2.70. The molecule has 0 saturated heterocycles. The van der Waals surface area contributed by atoms with Gasteiger partial charge in [0.25, 0.3) is 0 Å². The molecule has 0 radical (unpaired) electrons. The van der Waals surface area contributed by atoms with Crippen LogP contribution in [0.25, 0.3) is 0 Å². The summed E-state index contributed by atoms with van der Waals surface area (Å²) >= 11 is 1.26. The van der Waals surface area contributed by atoms with Gasteiger partial charge in [-0.05, 0) is 54.3 Å². The molecule has 2 aromatic carbocycles. The minimum atomic E-state index is -0.796. The minimum Gasteiger partial charge on any atom is -0.508 e. The molecule has 1 heterocycles. The Bertz CT molecular complexity index is 974. The minimum absolute atomic E-state index is 0.142. The SMILES string of the molecule is C[C@]1(C(=O)Nc2nncs2)Cc2ccc(O)cc2[C@H]1c1cccc(O)c1. The van der Waals surface area contributed by atoms with E-state index in [-0.39, 0.29) is 23.3 Å². The van der Waals surface area contributed by atoms with Crippen molar-refractivity contribution in [3.8, 4) is 11.5 Å². The summed E-state index contributed by atoms with van der Waals surface area (Å²) in [6.45, 7) is 1.90. The molecule has 6 nitrogen and oxygen atoms in total. The lowest BCUT2D eigenvalue weighted by atomic mass is 9.73. The number of anilines is 1. The summed E-state index contributed by atoms with van der Waals surface area (Å²) < 4.78 is 0. The highest BCUT2D eigenvalue weighted by Gasteiger charge is 2.49. The van der Waals surface area contributed by atoms with E-state index < -0.39 is 5.41 Å². The fourth-order valence-electron chi connectivity index (χ4n) is 3.78. The van der Waals surface area contributed by atoms with Gasteiger partial charge in [-0.15, -0.1) is 10.2 Å². The van der Waals surface area contributed by atoms with Crippen molar-refractivity contribution in [2.24, 2.45) is 5.41 Å². The predicted octanol–water partition coefficient (Wildman–Crippen LogP) is 3.28. The molecule has 0 spiro atoms. The van der Waals surface area contributed by atoms with Gasteiger partial charge in [0.05, 0.1) is 5.41 Å². The van der Waals surface area contributed by atoms with Crippen LogP contribution in [0.1, 0.15) is 29.5 Å². The second-order valence-corrected chi connectivity index (χ2v) is 7.54. The van der Waals surface area contributed by atoms with Crippen molar-refractivity contribution in [1.82, 2.24) is 10.2 Å². The molecule has 1 aliphatic carbocycles. The molecule has 2 atom stereocenters. The number of aromatic nitrogens is 2. The van der Waals surface area contributed by atoms with Crippen LogP contribution in [-0.2, 0) is 11.2 Å². The third-order valence-electron chi connectivity index (χ3n) is 4.94. The summed E-state index contributed by atoms with van der Waals surface area (Å²) in [6, 6.07) is 12.1. The topological polar surface area (TPSA) is 95.3 Å². The van der Waals surface area contributed by atoms with Crippen LogP contribution in [0.2, 0.25) is 0 Å². The summed E-state index contributed by atoms with van der Waals surface area (Å²) in [5.74, 6) is -0.173. The van der Waals surface area contributed by atoms with Crippen LogP contribution < -0.4 is 5.32 Å². The summed E-state index contributed by atoms with van der Waals surface area (Å²) in [6.07, 6.45) is 0.521. The molecule has 0 saturated carbocycles. The second kappa shape index (κ2) is 6.10. The summed E-state index contributed by atoms with van der Waals surface area (Å²) in [4.78, 5) is 13.2. The van der Waals surface area contributed by atoms with E-state index in [4.69, 9.17) is 0 Å². The molecule has 1 aromatic heterocycles. The third-order valence-corrected chi connectivity index (χ3v) is 5.54. The Morgan fingerprint density at radius 3 is 2.77 bits per heavy atom. The Hall–Kier alpha value is -2.93. The molecule has 1 aliphatic rings. The normalized spacial score (nSPS) is 21.3. The molecule has 132 valence electrons. The van der Waals surface area contributed by atoms with Crippen LogP contribution in [0, 0.1) is 5.41 Å². The van der Waals surface area contributed by atoms with Crippen molar-refractivity contribution in [3.63, 3.8) is 0 Å². The average Bonchev–Trinajstić information content (AvgIpc) is 3.20. The maximum Gasteiger partial charge on any atom is 0.233 e. The van der Waals surface area contributed by atoms with E-state index in [0.717, 1.165) is 16.7 Å². The highest BCUT2D eigenvalue weighted by atomic mass is 32.1. The first-order valence-corrected chi connectivity index (χ1v) is 9.04. The van der Waals surface area contributed by atoms with Crippen molar-refractivity contribution < 1.29 is 15.0 Å². The first kappa shape index (κ1) is 16.5.